The van der Waals surface area contributed by atoms with Gasteiger partial charge in [0.2, 0.25) is 0 Å². The summed E-state index contributed by atoms with van der Waals surface area (Å²) in [6.07, 6.45) is 0.474. The van der Waals surface area contributed by atoms with Gasteiger partial charge in [-0.15, -0.1) is 0 Å². The quantitative estimate of drug-likeness (QED) is 0.781. The summed E-state index contributed by atoms with van der Waals surface area (Å²) < 4.78 is 10.3. The molecule has 0 saturated carbocycles. The minimum absolute atomic E-state index is 0.0777. The van der Waals surface area contributed by atoms with E-state index in [0.717, 1.165) is 11.1 Å². The van der Waals surface area contributed by atoms with E-state index in [1.165, 1.54) is 4.90 Å². The first-order valence-corrected chi connectivity index (χ1v) is 7.67. The molecule has 1 saturated heterocycles. The van der Waals surface area contributed by atoms with Crippen molar-refractivity contribution in [1.29, 1.82) is 0 Å². The molecule has 120 valence electrons. The maximum Gasteiger partial charge on any atom is 0.329 e. The highest BCUT2D eigenvalue weighted by Crippen LogP contribution is 2.33. The number of esters is 1. The van der Waals surface area contributed by atoms with E-state index in [0.29, 0.717) is 30.3 Å². The third-order valence-corrected chi connectivity index (χ3v) is 4.13. The SMILES string of the molecule is CCOCC(=O)N(c1c(C)ccc(Cl)c1C)C1CCOC1=O. The summed E-state index contributed by atoms with van der Waals surface area (Å²) in [5, 5.41) is 0.557. The number of hydrogen-bond donors (Lipinski definition) is 0. The number of cyclic esters (lactones) is 1. The number of carbonyl (C=O) groups is 2. The summed E-state index contributed by atoms with van der Waals surface area (Å²) in [6, 6.07) is 3.00. The number of carbonyl (C=O) groups excluding carboxylic acids is 2. The molecule has 1 aliphatic rings. The van der Waals surface area contributed by atoms with Crippen molar-refractivity contribution in [3.8, 4) is 0 Å². The number of anilines is 1. The highest BCUT2D eigenvalue weighted by atomic mass is 35.5. The van der Waals surface area contributed by atoms with Crippen LogP contribution in [0.4, 0.5) is 5.69 Å². The fraction of sp³-hybridized carbons (Fsp3) is 0.500. The van der Waals surface area contributed by atoms with E-state index in [-0.39, 0.29) is 18.5 Å². The van der Waals surface area contributed by atoms with Crippen molar-refractivity contribution in [3.63, 3.8) is 0 Å². The second kappa shape index (κ2) is 7.11. The number of rotatable bonds is 5. The van der Waals surface area contributed by atoms with Crippen molar-refractivity contribution in [2.24, 2.45) is 0 Å². The molecule has 0 aromatic heterocycles. The predicted molar refractivity (Wildman–Crippen MR) is 84.3 cm³/mol. The van der Waals surface area contributed by atoms with Gasteiger partial charge in [0.15, 0.2) is 0 Å². The molecule has 0 aliphatic carbocycles. The van der Waals surface area contributed by atoms with E-state index >= 15 is 0 Å². The Morgan fingerprint density at radius 1 is 1.45 bits per heavy atom. The first-order chi connectivity index (χ1) is 10.5. The minimum atomic E-state index is -0.621. The number of aryl methyl sites for hydroxylation is 1. The second-order valence-corrected chi connectivity index (χ2v) is 5.62. The van der Waals surface area contributed by atoms with E-state index < -0.39 is 6.04 Å². The van der Waals surface area contributed by atoms with Gasteiger partial charge in [0.05, 0.1) is 12.3 Å². The first-order valence-electron chi connectivity index (χ1n) is 7.29. The molecule has 2 rings (SSSR count). The molecular weight excluding hydrogens is 306 g/mol. The third-order valence-electron chi connectivity index (χ3n) is 3.73. The van der Waals surface area contributed by atoms with Crippen LogP contribution in [-0.4, -0.2) is 37.7 Å². The maximum atomic E-state index is 12.6. The third kappa shape index (κ3) is 3.25. The van der Waals surface area contributed by atoms with Gasteiger partial charge in [0, 0.05) is 18.1 Å². The Balaban J connectivity index is 2.46. The zero-order valence-electron chi connectivity index (χ0n) is 13.0. The monoisotopic (exact) mass is 325 g/mol. The van der Waals surface area contributed by atoms with Crippen LogP contribution in [0, 0.1) is 13.8 Å². The molecule has 0 bridgehead atoms. The summed E-state index contributed by atoms with van der Waals surface area (Å²) >= 11 is 6.20. The first kappa shape index (κ1) is 16.8. The van der Waals surface area contributed by atoms with E-state index in [4.69, 9.17) is 21.1 Å². The Hall–Kier alpha value is -1.59. The number of ether oxygens (including phenoxy) is 2. The Morgan fingerprint density at radius 2 is 2.18 bits per heavy atom. The molecule has 1 aromatic rings. The van der Waals surface area contributed by atoms with Crippen LogP contribution in [0.15, 0.2) is 12.1 Å². The highest BCUT2D eigenvalue weighted by molar-refractivity contribution is 6.32. The van der Waals surface area contributed by atoms with Crippen LogP contribution in [0.2, 0.25) is 5.02 Å². The summed E-state index contributed by atoms with van der Waals surface area (Å²) in [5.74, 6) is -0.650. The van der Waals surface area contributed by atoms with Crippen molar-refractivity contribution in [2.75, 3.05) is 24.7 Å². The maximum absolute atomic E-state index is 12.6. The largest absolute Gasteiger partial charge is 0.464 e. The Labute approximate surface area is 135 Å². The fourth-order valence-corrected chi connectivity index (χ4v) is 2.77. The smallest absolute Gasteiger partial charge is 0.329 e. The molecular formula is C16H20ClNO4. The molecule has 1 fully saturated rings. The highest BCUT2D eigenvalue weighted by Gasteiger charge is 2.37. The number of nitrogens with zero attached hydrogens (tertiary/aromatic N) is 1. The molecule has 1 unspecified atom stereocenters. The lowest BCUT2D eigenvalue weighted by molar-refractivity contribution is -0.140. The molecule has 0 radical (unpaired) electrons. The Morgan fingerprint density at radius 3 is 2.77 bits per heavy atom. The lowest BCUT2D eigenvalue weighted by Crippen LogP contribution is -2.45. The molecule has 1 amide bonds. The molecule has 0 N–H and O–H groups in total. The lowest BCUT2D eigenvalue weighted by Gasteiger charge is -2.29. The molecule has 5 nitrogen and oxygen atoms in total. The van der Waals surface area contributed by atoms with Crippen LogP contribution >= 0.6 is 11.6 Å². The normalized spacial score (nSPS) is 17.5. The Bertz CT molecular complexity index is 588. The molecule has 1 heterocycles. The van der Waals surface area contributed by atoms with Crippen LogP contribution in [0.1, 0.15) is 24.5 Å². The van der Waals surface area contributed by atoms with Crippen LogP contribution in [-0.2, 0) is 19.1 Å². The van der Waals surface area contributed by atoms with Crippen LogP contribution in [0.3, 0.4) is 0 Å². The van der Waals surface area contributed by atoms with Crippen molar-refractivity contribution >= 4 is 29.2 Å². The average molecular weight is 326 g/mol. The van der Waals surface area contributed by atoms with Gasteiger partial charge >= 0.3 is 5.97 Å². The number of halogens is 1. The number of amides is 1. The number of hydrogen-bond acceptors (Lipinski definition) is 4. The summed E-state index contributed by atoms with van der Waals surface area (Å²) in [7, 11) is 0. The molecule has 1 aromatic carbocycles. The fourth-order valence-electron chi connectivity index (χ4n) is 2.61. The van der Waals surface area contributed by atoms with Gasteiger partial charge in [0.1, 0.15) is 12.6 Å². The van der Waals surface area contributed by atoms with Gasteiger partial charge in [0.25, 0.3) is 5.91 Å². The molecule has 1 aliphatic heterocycles. The van der Waals surface area contributed by atoms with E-state index in [9.17, 15) is 9.59 Å². The van der Waals surface area contributed by atoms with Gasteiger partial charge in [-0.3, -0.25) is 9.69 Å². The minimum Gasteiger partial charge on any atom is -0.464 e. The second-order valence-electron chi connectivity index (χ2n) is 5.21. The molecule has 6 heteroatoms. The topological polar surface area (TPSA) is 55.8 Å². The van der Waals surface area contributed by atoms with Crippen LogP contribution < -0.4 is 4.90 Å². The van der Waals surface area contributed by atoms with Crippen molar-refractivity contribution in [3.05, 3.63) is 28.3 Å². The van der Waals surface area contributed by atoms with Crippen LogP contribution in [0.5, 0.6) is 0 Å². The Kier molecular flexibility index (Phi) is 5.42. The van der Waals surface area contributed by atoms with Crippen LogP contribution in [0.25, 0.3) is 0 Å². The summed E-state index contributed by atoms with van der Waals surface area (Å²) in [4.78, 5) is 26.1. The zero-order valence-corrected chi connectivity index (χ0v) is 13.8. The summed E-state index contributed by atoms with van der Waals surface area (Å²) in [6.45, 7) is 6.22. The van der Waals surface area contributed by atoms with E-state index in [2.05, 4.69) is 0 Å². The molecule has 22 heavy (non-hydrogen) atoms. The van der Waals surface area contributed by atoms with Gasteiger partial charge in [-0.25, -0.2) is 4.79 Å². The lowest BCUT2D eigenvalue weighted by atomic mass is 10.0. The van der Waals surface area contributed by atoms with Crippen molar-refractivity contribution < 1.29 is 19.1 Å². The summed E-state index contributed by atoms with van der Waals surface area (Å²) in [5.41, 5.74) is 2.32. The van der Waals surface area contributed by atoms with Gasteiger partial charge in [-0.2, -0.15) is 0 Å². The van der Waals surface area contributed by atoms with E-state index in [1.54, 1.807) is 6.07 Å². The van der Waals surface area contributed by atoms with Crippen molar-refractivity contribution in [1.82, 2.24) is 0 Å². The standard InChI is InChI=1S/C16H20ClNO4/c1-4-21-9-14(19)18(13-7-8-22-16(13)20)15-10(2)5-6-12(17)11(15)3/h5-6,13H,4,7-9H2,1-3H3. The molecule has 0 spiro atoms. The molecule has 1 atom stereocenters. The van der Waals surface area contributed by atoms with Gasteiger partial charge in [-0.05, 0) is 38.0 Å². The van der Waals surface area contributed by atoms with Crippen molar-refractivity contribution in [2.45, 2.75) is 33.2 Å². The van der Waals surface area contributed by atoms with Gasteiger partial charge < -0.3 is 9.47 Å². The van der Waals surface area contributed by atoms with Gasteiger partial charge in [-0.1, -0.05) is 17.7 Å². The predicted octanol–water partition coefficient (Wildman–Crippen LogP) is 2.64. The van der Waals surface area contributed by atoms with E-state index in [1.807, 2.05) is 26.8 Å². The zero-order chi connectivity index (χ0) is 16.3. The average Bonchev–Trinajstić information content (AvgIpc) is 2.91. The number of benzene rings is 1.